The van der Waals surface area contributed by atoms with Crippen molar-refractivity contribution in [2.45, 2.75) is 57.1 Å². The zero-order valence-corrected chi connectivity index (χ0v) is 29.1. The van der Waals surface area contributed by atoms with Crippen molar-refractivity contribution in [1.82, 2.24) is 10.2 Å². The van der Waals surface area contributed by atoms with Gasteiger partial charge in [0.2, 0.25) is 11.8 Å². The number of nitrogens with one attached hydrogen (secondary N) is 1. The van der Waals surface area contributed by atoms with Crippen molar-refractivity contribution >= 4 is 50.7 Å². The molecule has 4 aromatic carbocycles. The second-order valence-electron chi connectivity index (χ2n) is 11.3. The van der Waals surface area contributed by atoms with Gasteiger partial charge in [0.25, 0.3) is 10.0 Å². The van der Waals surface area contributed by atoms with E-state index >= 15 is 0 Å². The van der Waals surface area contributed by atoms with Gasteiger partial charge >= 0.3 is 0 Å². The fourth-order valence-corrected chi connectivity index (χ4v) is 6.67. The standard InChI is InChI=1S/C36H39Cl2N3O5S/c1-5-26(3)39-36(43)34(21-27-10-7-6-8-11-27)40(23-28-12-9-13-30(20-28)46-4)35(42)24-41(29-16-19-32(37)33(38)22-29)47(44,45)31-17-14-25(2)15-18-31/h6-20,22,26,34H,5,21,23-24H2,1-4H3,(H,39,43)/t26-,34+/m1/s1. The third kappa shape index (κ3) is 9.28. The van der Waals surface area contributed by atoms with Crippen LogP contribution in [-0.2, 0) is 32.6 Å². The average Bonchev–Trinajstić information content (AvgIpc) is 3.07. The quantitative estimate of drug-likeness (QED) is 0.152. The molecule has 2 amide bonds. The molecule has 0 unspecified atom stereocenters. The number of carbonyl (C=O) groups is 2. The lowest BCUT2D eigenvalue weighted by molar-refractivity contribution is -0.140. The summed E-state index contributed by atoms with van der Waals surface area (Å²) < 4.78 is 34.8. The summed E-state index contributed by atoms with van der Waals surface area (Å²) in [6.07, 6.45) is 0.893. The van der Waals surface area contributed by atoms with Crippen LogP contribution in [0.3, 0.4) is 0 Å². The van der Waals surface area contributed by atoms with Gasteiger partial charge in [0.05, 0.1) is 27.7 Å². The van der Waals surface area contributed by atoms with Crippen LogP contribution in [0.15, 0.2) is 102 Å². The van der Waals surface area contributed by atoms with Crippen molar-refractivity contribution < 1.29 is 22.7 Å². The van der Waals surface area contributed by atoms with Gasteiger partial charge in [-0.2, -0.15) is 0 Å². The first kappa shape index (κ1) is 35.8. The Bertz CT molecular complexity index is 1790. The number of aryl methyl sites for hydroxylation is 1. The lowest BCUT2D eigenvalue weighted by atomic mass is 10.0. The summed E-state index contributed by atoms with van der Waals surface area (Å²) in [5.74, 6) is -0.352. The number of benzene rings is 4. The molecular formula is C36H39Cl2N3O5S. The third-order valence-electron chi connectivity index (χ3n) is 7.84. The first-order valence-electron chi connectivity index (χ1n) is 15.2. The van der Waals surface area contributed by atoms with Gasteiger partial charge in [-0.25, -0.2) is 8.42 Å². The minimum atomic E-state index is -4.28. The normalized spacial score (nSPS) is 12.6. The number of anilines is 1. The SMILES string of the molecule is CC[C@@H](C)NC(=O)[C@H](Cc1ccccc1)N(Cc1cccc(OC)c1)C(=O)CN(c1ccc(Cl)c(Cl)c1)S(=O)(=O)c1ccc(C)cc1. The Hall–Kier alpha value is -4.05. The number of amides is 2. The molecule has 4 aromatic rings. The van der Waals surface area contributed by atoms with E-state index < -0.39 is 28.5 Å². The Morgan fingerprint density at radius 1 is 0.872 bits per heavy atom. The minimum absolute atomic E-state index is 0.00309. The zero-order valence-electron chi connectivity index (χ0n) is 26.8. The van der Waals surface area contributed by atoms with Crippen molar-refractivity contribution in [3.8, 4) is 5.75 Å². The van der Waals surface area contributed by atoms with Gasteiger partial charge in [-0.15, -0.1) is 0 Å². The molecule has 0 saturated carbocycles. The van der Waals surface area contributed by atoms with Crippen molar-refractivity contribution in [2.75, 3.05) is 18.0 Å². The Morgan fingerprint density at radius 3 is 2.19 bits per heavy atom. The predicted molar refractivity (Wildman–Crippen MR) is 188 cm³/mol. The second-order valence-corrected chi connectivity index (χ2v) is 14.0. The van der Waals surface area contributed by atoms with E-state index in [0.717, 1.165) is 15.4 Å². The van der Waals surface area contributed by atoms with Gasteiger partial charge in [0.1, 0.15) is 18.3 Å². The van der Waals surface area contributed by atoms with E-state index in [0.29, 0.717) is 17.7 Å². The Morgan fingerprint density at radius 2 is 1.55 bits per heavy atom. The summed E-state index contributed by atoms with van der Waals surface area (Å²) in [7, 11) is -2.73. The Kier molecular flexibility index (Phi) is 12.3. The maximum Gasteiger partial charge on any atom is 0.264 e. The minimum Gasteiger partial charge on any atom is -0.497 e. The average molecular weight is 697 g/mol. The van der Waals surface area contributed by atoms with Gasteiger partial charge in [0.15, 0.2) is 0 Å². The van der Waals surface area contributed by atoms with Crippen LogP contribution < -0.4 is 14.4 Å². The van der Waals surface area contributed by atoms with E-state index in [1.165, 1.54) is 35.2 Å². The molecule has 2 atom stereocenters. The van der Waals surface area contributed by atoms with E-state index in [1.807, 2.05) is 57.2 Å². The molecule has 0 radical (unpaired) electrons. The van der Waals surface area contributed by atoms with Crippen LogP contribution in [0.5, 0.6) is 5.75 Å². The molecule has 11 heteroatoms. The first-order chi connectivity index (χ1) is 22.4. The summed E-state index contributed by atoms with van der Waals surface area (Å²) in [6.45, 7) is 5.11. The summed E-state index contributed by atoms with van der Waals surface area (Å²) in [5, 5.41) is 3.40. The monoisotopic (exact) mass is 695 g/mol. The van der Waals surface area contributed by atoms with Gasteiger partial charge in [-0.3, -0.25) is 13.9 Å². The van der Waals surface area contributed by atoms with Crippen LogP contribution >= 0.6 is 23.2 Å². The maximum absolute atomic E-state index is 14.6. The molecule has 8 nitrogen and oxygen atoms in total. The lowest BCUT2D eigenvalue weighted by Crippen LogP contribution is -2.54. The zero-order chi connectivity index (χ0) is 34.1. The first-order valence-corrected chi connectivity index (χ1v) is 17.4. The predicted octanol–water partition coefficient (Wildman–Crippen LogP) is 7.06. The highest BCUT2D eigenvalue weighted by atomic mass is 35.5. The molecule has 4 rings (SSSR count). The fourth-order valence-electron chi connectivity index (χ4n) is 4.97. The van der Waals surface area contributed by atoms with E-state index in [2.05, 4.69) is 5.32 Å². The number of nitrogens with zero attached hydrogens (tertiary/aromatic N) is 2. The summed E-state index contributed by atoms with van der Waals surface area (Å²) in [5.41, 5.74) is 2.57. The molecule has 1 N–H and O–H groups in total. The van der Waals surface area contributed by atoms with Crippen LogP contribution in [0, 0.1) is 6.92 Å². The van der Waals surface area contributed by atoms with E-state index in [9.17, 15) is 18.0 Å². The van der Waals surface area contributed by atoms with Crippen LogP contribution in [0.2, 0.25) is 10.0 Å². The van der Waals surface area contributed by atoms with Gasteiger partial charge in [-0.1, -0.05) is 90.3 Å². The Balaban J connectivity index is 1.83. The molecule has 0 fully saturated rings. The topological polar surface area (TPSA) is 96.0 Å². The molecule has 248 valence electrons. The molecule has 0 aliphatic heterocycles. The molecule has 0 aliphatic carbocycles. The molecule has 0 aromatic heterocycles. The molecule has 0 spiro atoms. The number of carbonyl (C=O) groups excluding carboxylic acids is 2. The lowest BCUT2D eigenvalue weighted by Gasteiger charge is -2.34. The maximum atomic E-state index is 14.6. The Labute approximate surface area is 287 Å². The highest BCUT2D eigenvalue weighted by Crippen LogP contribution is 2.31. The molecule has 0 aliphatic rings. The number of rotatable bonds is 14. The molecule has 0 heterocycles. The molecule has 0 bridgehead atoms. The summed E-state index contributed by atoms with van der Waals surface area (Å²) in [6, 6.07) is 26.2. The van der Waals surface area contributed by atoms with Gasteiger partial charge in [0, 0.05) is 19.0 Å². The largest absolute Gasteiger partial charge is 0.497 e. The van der Waals surface area contributed by atoms with E-state index in [1.54, 1.807) is 37.4 Å². The van der Waals surface area contributed by atoms with E-state index in [-0.39, 0.29) is 45.5 Å². The van der Waals surface area contributed by atoms with Gasteiger partial charge < -0.3 is 15.0 Å². The number of halogens is 2. The third-order valence-corrected chi connectivity index (χ3v) is 10.4. The van der Waals surface area contributed by atoms with Crippen molar-refractivity contribution in [1.29, 1.82) is 0 Å². The number of methoxy groups -OCH3 is 1. The number of ether oxygens (including phenoxy) is 1. The number of sulfonamides is 1. The summed E-state index contributed by atoms with van der Waals surface area (Å²) >= 11 is 12.5. The van der Waals surface area contributed by atoms with Crippen LogP contribution in [-0.4, -0.2) is 50.9 Å². The second kappa shape index (κ2) is 16.2. The molecule has 47 heavy (non-hydrogen) atoms. The van der Waals surface area contributed by atoms with E-state index in [4.69, 9.17) is 27.9 Å². The number of hydrogen-bond acceptors (Lipinski definition) is 5. The van der Waals surface area contributed by atoms with Crippen LogP contribution in [0.25, 0.3) is 0 Å². The highest BCUT2D eigenvalue weighted by molar-refractivity contribution is 7.92. The van der Waals surface area contributed by atoms with Crippen LogP contribution in [0.4, 0.5) is 5.69 Å². The van der Waals surface area contributed by atoms with Crippen molar-refractivity contribution in [2.24, 2.45) is 0 Å². The highest BCUT2D eigenvalue weighted by Gasteiger charge is 2.35. The molecule has 0 saturated heterocycles. The van der Waals surface area contributed by atoms with Crippen molar-refractivity contribution in [3.05, 3.63) is 124 Å². The fraction of sp³-hybridized carbons (Fsp3) is 0.278. The number of hydrogen-bond donors (Lipinski definition) is 1. The smallest absolute Gasteiger partial charge is 0.264 e. The summed E-state index contributed by atoms with van der Waals surface area (Å²) in [4.78, 5) is 30.0. The van der Waals surface area contributed by atoms with Crippen LogP contribution in [0.1, 0.15) is 37.0 Å². The van der Waals surface area contributed by atoms with Crippen molar-refractivity contribution in [3.63, 3.8) is 0 Å². The van der Waals surface area contributed by atoms with Gasteiger partial charge in [-0.05, 0) is 73.9 Å². The molecular weight excluding hydrogens is 657 g/mol.